The van der Waals surface area contributed by atoms with Crippen molar-refractivity contribution in [2.75, 3.05) is 64.3 Å². The molecule has 23 heavy (non-hydrogen) atoms. The second kappa shape index (κ2) is 6.95. The fourth-order valence-corrected chi connectivity index (χ4v) is 3.03. The lowest BCUT2D eigenvalue weighted by Crippen LogP contribution is -2.49. The molecule has 2 amide bonds. The molecule has 3 heterocycles. The van der Waals surface area contributed by atoms with Crippen molar-refractivity contribution in [3.05, 3.63) is 23.9 Å². The van der Waals surface area contributed by atoms with E-state index in [9.17, 15) is 9.59 Å². The number of piperazine rings is 2. The number of amides is 2. The molecule has 2 saturated heterocycles. The Balaban J connectivity index is 1.75. The lowest BCUT2D eigenvalue weighted by atomic mass is 10.1. The second-order valence-corrected chi connectivity index (χ2v) is 6.10. The van der Waals surface area contributed by atoms with Crippen LogP contribution in [0.5, 0.6) is 0 Å². The van der Waals surface area contributed by atoms with Gasteiger partial charge in [0.25, 0.3) is 5.91 Å². The van der Waals surface area contributed by atoms with Crippen molar-refractivity contribution in [3.63, 3.8) is 0 Å². The molecule has 0 spiro atoms. The smallest absolute Gasteiger partial charge is 0.257 e. The fraction of sp³-hybridized carbons (Fsp3) is 0.562. The van der Waals surface area contributed by atoms with Crippen LogP contribution in [-0.4, -0.2) is 91.4 Å². The van der Waals surface area contributed by atoms with E-state index in [0.29, 0.717) is 31.7 Å². The molecule has 1 aromatic rings. The normalized spacial score (nSPS) is 19.8. The third-order valence-corrected chi connectivity index (χ3v) is 4.57. The highest BCUT2D eigenvalue weighted by Gasteiger charge is 2.26. The van der Waals surface area contributed by atoms with Gasteiger partial charge < -0.3 is 19.6 Å². The summed E-state index contributed by atoms with van der Waals surface area (Å²) in [4.78, 5) is 36.1. The number of carbonyl (C=O) groups is 2. The molecule has 0 aliphatic carbocycles. The Labute approximate surface area is 136 Å². The number of aromatic nitrogens is 1. The van der Waals surface area contributed by atoms with E-state index < -0.39 is 0 Å². The summed E-state index contributed by atoms with van der Waals surface area (Å²) in [6, 6.07) is 3.67. The number of likely N-dealkylation sites (N-methyl/N-ethyl adjacent to an activating group) is 1. The lowest BCUT2D eigenvalue weighted by molar-refractivity contribution is -0.119. The van der Waals surface area contributed by atoms with Crippen LogP contribution in [0.4, 0.5) is 5.82 Å². The number of rotatable bonds is 3. The monoisotopic (exact) mass is 317 g/mol. The number of anilines is 1. The minimum absolute atomic E-state index is 0.0116. The number of carbonyl (C=O) groups excluding carboxylic acids is 2. The minimum atomic E-state index is 0.0116. The third-order valence-electron chi connectivity index (χ3n) is 4.57. The van der Waals surface area contributed by atoms with Gasteiger partial charge in [0.2, 0.25) is 6.41 Å². The van der Waals surface area contributed by atoms with Crippen molar-refractivity contribution in [1.29, 1.82) is 0 Å². The van der Waals surface area contributed by atoms with Crippen molar-refractivity contribution < 1.29 is 9.59 Å². The van der Waals surface area contributed by atoms with Crippen molar-refractivity contribution in [2.24, 2.45) is 0 Å². The zero-order chi connectivity index (χ0) is 16.2. The van der Waals surface area contributed by atoms with Crippen LogP contribution in [0.2, 0.25) is 0 Å². The van der Waals surface area contributed by atoms with E-state index in [2.05, 4.69) is 21.8 Å². The van der Waals surface area contributed by atoms with E-state index in [0.717, 1.165) is 38.4 Å². The largest absolute Gasteiger partial charge is 0.353 e. The summed E-state index contributed by atoms with van der Waals surface area (Å²) in [6.45, 7) is 6.06. The molecule has 0 bridgehead atoms. The van der Waals surface area contributed by atoms with E-state index >= 15 is 0 Å². The van der Waals surface area contributed by atoms with Gasteiger partial charge in [0.05, 0.1) is 5.56 Å². The van der Waals surface area contributed by atoms with Gasteiger partial charge in [-0.1, -0.05) is 0 Å². The van der Waals surface area contributed by atoms with Gasteiger partial charge in [-0.3, -0.25) is 9.59 Å². The average molecular weight is 317 g/mol. The maximum absolute atomic E-state index is 12.9. The zero-order valence-corrected chi connectivity index (χ0v) is 13.5. The van der Waals surface area contributed by atoms with Gasteiger partial charge in [0, 0.05) is 58.6 Å². The summed E-state index contributed by atoms with van der Waals surface area (Å²) in [5.74, 6) is 0.793. The van der Waals surface area contributed by atoms with Gasteiger partial charge in [0.1, 0.15) is 5.82 Å². The van der Waals surface area contributed by atoms with Crippen LogP contribution in [0.15, 0.2) is 18.3 Å². The van der Waals surface area contributed by atoms with Gasteiger partial charge >= 0.3 is 0 Å². The maximum Gasteiger partial charge on any atom is 0.257 e. The number of pyridine rings is 1. The van der Waals surface area contributed by atoms with Gasteiger partial charge in [-0.2, -0.15) is 0 Å². The highest BCUT2D eigenvalue weighted by atomic mass is 16.2. The van der Waals surface area contributed by atoms with Crippen molar-refractivity contribution in [2.45, 2.75) is 0 Å². The van der Waals surface area contributed by atoms with Crippen molar-refractivity contribution >= 4 is 18.1 Å². The van der Waals surface area contributed by atoms with Crippen LogP contribution >= 0.6 is 0 Å². The summed E-state index contributed by atoms with van der Waals surface area (Å²) in [5.41, 5.74) is 0.664. The second-order valence-electron chi connectivity index (χ2n) is 6.10. The first kappa shape index (κ1) is 15.7. The van der Waals surface area contributed by atoms with Crippen molar-refractivity contribution in [3.8, 4) is 0 Å². The molecule has 124 valence electrons. The van der Waals surface area contributed by atoms with E-state index in [4.69, 9.17) is 0 Å². The Morgan fingerprint density at radius 1 is 1.09 bits per heavy atom. The number of hydrogen-bond donors (Lipinski definition) is 0. The first-order valence-electron chi connectivity index (χ1n) is 8.06. The highest BCUT2D eigenvalue weighted by Crippen LogP contribution is 2.21. The van der Waals surface area contributed by atoms with Gasteiger partial charge in [-0.15, -0.1) is 0 Å². The molecular formula is C16H23N5O2. The molecule has 7 nitrogen and oxygen atoms in total. The molecule has 0 aromatic carbocycles. The van der Waals surface area contributed by atoms with E-state index in [-0.39, 0.29) is 5.91 Å². The lowest BCUT2D eigenvalue weighted by Gasteiger charge is -2.36. The molecule has 3 rings (SSSR count). The Kier molecular flexibility index (Phi) is 4.76. The summed E-state index contributed by atoms with van der Waals surface area (Å²) in [6.07, 6.45) is 2.59. The summed E-state index contributed by atoms with van der Waals surface area (Å²) in [5, 5.41) is 0. The molecule has 0 saturated carbocycles. The van der Waals surface area contributed by atoms with Crippen molar-refractivity contribution in [1.82, 2.24) is 19.7 Å². The Hall–Kier alpha value is -2.15. The standard InChI is InChI=1S/C16H23N5O2/c1-18-5-9-20(10-6-18)15-14(3-2-4-17-15)16(23)21-11-7-19(13-22)8-12-21/h2-4,13H,5-12H2,1H3. The summed E-state index contributed by atoms with van der Waals surface area (Å²) < 4.78 is 0. The minimum Gasteiger partial charge on any atom is -0.353 e. The Morgan fingerprint density at radius 3 is 2.43 bits per heavy atom. The van der Waals surface area contributed by atoms with E-state index in [1.807, 2.05) is 17.0 Å². The zero-order valence-electron chi connectivity index (χ0n) is 13.5. The molecule has 7 heteroatoms. The predicted octanol–water partition coefficient (Wildman–Crippen LogP) is -0.252. The highest BCUT2D eigenvalue weighted by molar-refractivity contribution is 5.99. The molecule has 0 radical (unpaired) electrons. The molecule has 2 aliphatic rings. The van der Waals surface area contributed by atoms with Gasteiger partial charge in [0.15, 0.2) is 0 Å². The van der Waals surface area contributed by atoms with Crippen LogP contribution in [-0.2, 0) is 4.79 Å². The molecule has 2 fully saturated rings. The fourth-order valence-electron chi connectivity index (χ4n) is 3.03. The van der Waals surface area contributed by atoms with Gasteiger partial charge in [-0.25, -0.2) is 4.98 Å². The maximum atomic E-state index is 12.9. The van der Waals surface area contributed by atoms with Crippen LogP contribution in [0.25, 0.3) is 0 Å². The molecule has 1 aromatic heterocycles. The van der Waals surface area contributed by atoms with Crippen LogP contribution in [0.3, 0.4) is 0 Å². The third kappa shape index (κ3) is 3.44. The van der Waals surface area contributed by atoms with Crippen LogP contribution in [0, 0.1) is 0 Å². The van der Waals surface area contributed by atoms with Crippen LogP contribution < -0.4 is 4.90 Å². The first-order chi connectivity index (χ1) is 11.2. The van der Waals surface area contributed by atoms with Crippen LogP contribution in [0.1, 0.15) is 10.4 Å². The topological polar surface area (TPSA) is 60.0 Å². The molecule has 0 atom stereocenters. The van der Waals surface area contributed by atoms with E-state index in [1.54, 1.807) is 11.1 Å². The molecule has 0 unspecified atom stereocenters. The molecule has 0 N–H and O–H groups in total. The molecular weight excluding hydrogens is 294 g/mol. The SMILES string of the molecule is CN1CCN(c2ncccc2C(=O)N2CCN(C=O)CC2)CC1. The average Bonchev–Trinajstić information content (AvgIpc) is 2.62. The van der Waals surface area contributed by atoms with Gasteiger partial charge in [-0.05, 0) is 19.2 Å². The number of nitrogens with zero attached hydrogens (tertiary/aromatic N) is 5. The predicted molar refractivity (Wildman–Crippen MR) is 87.5 cm³/mol. The summed E-state index contributed by atoms with van der Waals surface area (Å²) in [7, 11) is 2.11. The Morgan fingerprint density at radius 2 is 1.78 bits per heavy atom. The Bertz CT molecular complexity index is 563. The quantitative estimate of drug-likeness (QED) is 0.720. The van der Waals surface area contributed by atoms with E-state index in [1.165, 1.54) is 0 Å². The first-order valence-corrected chi connectivity index (χ1v) is 8.06. The molecule has 2 aliphatic heterocycles. The summed E-state index contributed by atoms with van der Waals surface area (Å²) >= 11 is 0. The number of hydrogen-bond acceptors (Lipinski definition) is 5.